The number of hydrogen-bond donors (Lipinski definition) is 2. The molecule has 0 aromatic heterocycles. The molecule has 0 spiro atoms. The van der Waals surface area contributed by atoms with Crippen molar-refractivity contribution in [3.63, 3.8) is 0 Å². The van der Waals surface area contributed by atoms with Gasteiger partial charge in [-0.2, -0.15) is 0 Å². The van der Waals surface area contributed by atoms with E-state index in [2.05, 4.69) is 100.0 Å². The maximum absolute atomic E-state index is 11.8. The van der Waals surface area contributed by atoms with E-state index in [-0.39, 0.29) is 28.0 Å². The Bertz CT molecular complexity index is 1170. The molecule has 47 heavy (non-hydrogen) atoms. The van der Waals surface area contributed by atoms with Crippen LogP contribution < -0.4 is 0 Å². The van der Waals surface area contributed by atoms with Gasteiger partial charge in [0.15, 0.2) is 16.6 Å². The molecule has 3 aliphatic carbocycles. The summed E-state index contributed by atoms with van der Waals surface area (Å²) in [5.41, 5.74) is 4.83. The van der Waals surface area contributed by atoms with Gasteiger partial charge in [0.1, 0.15) is 0 Å². The van der Waals surface area contributed by atoms with Gasteiger partial charge in [-0.15, -0.1) is 0 Å². The van der Waals surface area contributed by atoms with E-state index in [1.165, 1.54) is 43.9 Å². The highest BCUT2D eigenvalue weighted by molar-refractivity contribution is 6.74. The van der Waals surface area contributed by atoms with Gasteiger partial charge in [0.25, 0.3) is 0 Å². The zero-order valence-corrected chi connectivity index (χ0v) is 34.2. The van der Waals surface area contributed by atoms with Gasteiger partial charge in [0, 0.05) is 12.0 Å². The summed E-state index contributed by atoms with van der Waals surface area (Å²) in [6.45, 7) is 33.5. The normalized spacial score (nSPS) is 30.7. The highest BCUT2D eigenvalue weighted by Crippen LogP contribution is 2.60. The monoisotopic (exact) mass is 686 g/mol. The van der Waals surface area contributed by atoms with E-state index < -0.39 is 28.7 Å². The van der Waals surface area contributed by atoms with E-state index in [0.29, 0.717) is 35.7 Å². The number of aliphatic hydroxyl groups is 1. The third-order valence-electron chi connectivity index (χ3n) is 13.4. The van der Waals surface area contributed by atoms with Crippen LogP contribution in [0.3, 0.4) is 0 Å². The first kappa shape index (κ1) is 40.2. The van der Waals surface area contributed by atoms with Crippen LogP contribution in [0.5, 0.6) is 0 Å². The number of carbonyl (C=O) groups is 1. The van der Waals surface area contributed by atoms with Crippen molar-refractivity contribution in [3.05, 3.63) is 47.6 Å². The van der Waals surface area contributed by atoms with Gasteiger partial charge in [-0.25, -0.2) is 4.79 Å². The third kappa shape index (κ3) is 9.30. The zero-order valence-electron chi connectivity index (χ0n) is 32.2. The Balaban J connectivity index is 1.84. The van der Waals surface area contributed by atoms with Gasteiger partial charge < -0.3 is 19.1 Å². The number of fused-ring (bicyclic) bond motifs is 1. The molecule has 2 unspecified atom stereocenters. The summed E-state index contributed by atoms with van der Waals surface area (Å²) in [5.74, 6) is 1.34. The maximum Gasteiger partial charge on any atom is 0.333 e. The van der Waals surface area contributed by atoms with E-state index in [4.69, 9.17) is 9.16 Å². The second kappa shape index (κ2) is 14.9. The Labute approximate surface area is 290 Å². The number of esters is 1. The molecule has 0 bridgehead atoms. The predicted octanol–water partition coefficient (Wildman–Crippen LogP) is 10.3. The Morgan fingerprint density at radius 1 is 1.11 bits per heavy atom. The van der Waals surface area contributed by atoms with Crippen LogP contribution in [0, 0.1) is 29.1 Å². The van der Waals surface area contributed by atoms with Gasteiger partial charge in [-0.1, -0.05) is 84.9 Å². The first-order valence-corrected chi connectivity index (χ1v) is 24.2. The van der Waals surface area contributed by atoms with Gasteiger partial charge in [-0.05, 0) is 129 Å². The minimum atomic E-state index is -2.37. The number of carbonyl (C=O) groups excluding carboxylic acids is 1. The number of aliphatic hydroxyl groups excluding tert-OH is 1. The lowest BCUT2D eigenvalue weighted by molar-refractivity contribution is -0.136. The smallest absolute Gasteiger partial charge is 0.333 e. The first-order chi connectivity index (χ1) is 21.4. The Kier molecular flexibility index (Phi) is 12.8. The van der Waals surface area contributed by atoms with Crippen LogP contribution in [0.1, 0.15) is 113 Å². The molecule has 0 heterocycles. The Morgan fingerprint density at radius 2 is 1.74 bits per heavy atom. The van der Waals surface area contributed by atoms with Crippen molar-refractivity contribution in [3.8, 4) is 0 Å². The molecular formula is C40H70O5Si2. The van der Waals surface area contributed by atoms with Crippen LogP contribution in [-0.4, -0.2) is 51.8 Å². The van der Waals surface area contributed by atoms with Crippen molar-refractivity contribution in [1.29, 1.82) is 0 Å². The third-order valence-corrected chi connectivity index (χ3v) is 21.4. The average molecular weight is 687 g/mol. The van der Waals surface area contributed by atoms with Crippen molar-refractivity contribution in [2.75, 3.05) is 7.11 Å². The van der Waals surface area contributed by atoms with Crippen LogP contribution in [0.15, 0.2) is 47.6 Å². The van der Waals surface area contributed by atoms with Crippen molar-refractivity contribution < 1.29 is 23.9 Å². The summed E-state index contributed by atoms with van der Waals surface area (Å²) in [6, 6.07) is 0. The predicted molar refractivity (Wildman–Crippen MR) is 202 cm³/mol. The largest absolute Gasteiger partial charge is 0.466 e. The van der Waals surface area contributed by atoms with Crippen LogP contribution in [0.25, 0.3) is 0 Å². The van der Waals surface area contributed by atoms with Crippen LogP contribution in [-0.2, 0) is 14.0 Å². The Morgan fingerprint density at radius 3 is 2.32 bits per heavy atom. The topological polar surface area (TPSA) is 76.0 Å². The van der Waals surface area contributed by atoms with E-state index in [0.717, 1.165) is 25.7 Å². The van der Waals surface area contributed by atoms with Crippen LogP contribution in [0.4, 0.5) is 0 Å². The average Bonchev–Trinajstić information content (AvgIpc) is 3.29. The van der Waals surface area contributed by atoms with Gasteiger partial charge >= 0.3 is 5.97 Å². The van der Waals surface area contributed by atoms with E-state index in [1.54, 1.807) is 5.57 Å². The fourth-order valence-electron chi connectivity index (χ4n) is 8.65. The first-order valence-electron chi connectivity index (χ1n) is 18.3. The minimum absolute atomic E-state index is 0.0218. The molecule has 268 valence electrons. The summed E-state index contributed by atoms with van der Waals surface area (Å²) in [6.07, 6.45) is 14.1. The van der Waals surface area contributed by atoms with E-state index in [9.17, 15) is 14.7 Å². The molecule has 3 rings (SSSR count). The molecule has 0 aliphatic heterocycles. The van der Waals surface area contributed by atoms with Crippen molar-refractivity contribution in [2.45, 2.75) is 161 Å². The molecule has 7 atom stereocenters. The highest BCUT2D eigenvalue weighted by Gasteiger charge is 2.51. The summed E-state index contributed by atoms with van der Waals surface area (Å²) in [5, 5.41) is 10.8. The molecule has 0 radical (unpaired) electrons. The maximum atomic E-state index is 11.8. The number of methoxy groups -OCH3 is 1. The fraction of sp³-hybridized carbons (Fsp3) is 0.775. The lowest BCUT2D eigenvalue weighted by atomic mass is 9.60. The molecule has 0 aromatic carbocycles. The van der Waals surface area contributed by atoms with E-state index in [1.807, 2.05) is 0 Å². The summed E-state index contributed by atoms with van der Waals surface area (Å²) in [4.78, 5) is 23.0. The summed E-state index contributed by atoms with van der Waals surface area (Å²) < 4.78 is 11.9. The molecule has 0 saturated heterocycles. The fourth-order valence-corrected chi connectivity index (χ4v) is 10.7. The zero-order chi connectivity index (χ0) is 35.8. The molecule has 3 saturated carbocycles. The van der Waals surface area contributed by atoms with Gasteiger partial charge in [0.05, 0.1) is 19.3 Å². The lowest BCUT2D eigenvalue weighted by Gasteiger charge is -2.45. The van der Waals surface area contributed by atoms with Crippen LogP contribution >= 0.6 is 0 Å². The van der Waals surface area contributed by atoms with Crippen molar-refractivity contribution in [2.24, 2.45) is 29.1 Å². The van der Waals surface area contributed by atoms with E-state index >= 15 is 0 Å². The van der Waals surface area contributed by atoms with Gasteiger partial charge in [-0.3, -0.25) is 0 Å². The molecule has 2 N–H and O–H groups in total. The second-order valence-corrected chi connectivity index (χ2v) is 27.8. The summed E-state index contributed by atoms with van der Waals surface area (Å²) >= 11 is 0. The lowest BCUT2D eigenvalue weighted by Crippen LogP contribution is -2.46. The molecule has 0 aromatic rings. The van der Waals surface area contributed by atoms with Crippen molar-refractivity contribution >= 4 is 22.6 Å². The number of allylic oxidation sites excluding steroid dienone is 3. The standard InChI is InChI=1S/C40H70O5Si2/c1-27(22-33(41)23-28(2)37(42)44-10)34-19-20-35-31(16-15-21-40(34,35)9)18-17-30-24-32(26-39(7,8)46(11,12)43)29(3)36(25-30)45-47(13,14)38(4,5)6/h17-18,27,32-36,41,43H,2-3,15-16,19-26H2,1,4-14H3/b30-17+,31-18+/t27-,32+,33+,34?,35?,36-,40-/m1/s1. The molecule has 5 nitrogen and oxygen atoms in total. The highest BCUT2D eigenvalue weighted by atomic mass is 28.4. The quantitative estimate of drug-likeness (QED) is 0.0925. The number of ether oxygens (including phenoxy) is 1. The van der Waals surface area contributed by atoms with Crippen LogP contribution in [0.2, 0.25) is 36.3 Å². The molecular weight excluding hydrogens is 617 g/mol. The molecule has 3 aliphatic rings. The number of hydrogen-bond acceptors (Lipinski definition) is 5. The summed E-state index contributed by atoms with van der Waals surface area (Å²) in [7, 11) is -3.02. The molecule has 7 heteroatoms. The van der Waals surface area contributed by atoms with Gasteiger partial charge in [0.2, 0.25) is 0 Å². The molecule has 0 amide bonds. The van der Waals surface area contributed by atoms with Crippen molar-refractivity contribution in [1.82, 2.24) is 0 Å². The number of rotatable bonds is 12. The SMILES string of the molecule is C=C(C[C@@H](O)C[C@@H](C)C1CCC2/C(=C/C=C3\C[C@@H](CC(C)(C)[Si](C)(C)O)C(=C)[C@H](O[Si](C)(C)C(C)(C)C)C3)CCC[C@@]21C)C(=O)OC. The Hall–Kier alpha value is -1.26. The molecule has 3 fully saturated rings. The minimum Gasteiger partial charge on any atom is -0.466 e. The second-order valence-electron chi connectivity index (χ2n) is 18.5.